The van der Waals surface area contributed by atoms with E-state index in [9.17, 15) is 8.42 Å². The summed E-state index contributed by atoms with van der Waals surface area (Å²) in [6.45, 7) is 1.24. The Morgan fingerprint density at radius 3 is 2.80 bits per heavy atom. The van der Waals surface area contributed by atoms with Crippen LogP contribution in [0, 0.1) is 22.7 Å². The average molecular weight is 225 g/mol. The van der Waals surface area contributed by atoms with Gasteiger partial charge in [0, 0.05) is 0 Å². The highest BCUT2D eigenvalue weighted by molar-refractivity contribution is 7.93. The summed E-state index contributed by atoms with van der Waals surface area (Å²) in [5, 5.41) is 21.7. The lowest BCUT2D eigenvalue weighted by Crippen LogP contribution is -2.24. The number of rotatable bonds is 3. The maximum atomic E-state index is 11.4. The molecule has 8 heteroatoms. The molecule has 7 nitrogen and oxygen atoms in total. The minimum absolute atomic E-state index is 0.0281. The van der Waals surface area contributed by atoms with E-state index in [0.29, 0.717) is 0 Å². The van der Waals surface area contributed by atoms with Gasteiger partial charge in [-0.25, -0.2) is 8.42 Å². The molecular weight excluding hydrogens is 218 g/mol. The van der Waals surface area contributed by atoms with Crippen LogP contribution in [-0.4, -0.2) is 23.9 Å². The standard InChI is InChI=1S/C7H7N5O2S/c1-5(2-8)15(13,14)12-7-6(3-9)4-10-11-7/h4-5H,1H3,(H2,10,11,12). The van der Waals surface area contributed by atoms with E-state index < -0.39 is 15.3 Å². The van der Waals surface area contributed by atoms with Crippen LogP contribution in [0.1, 0.15) is 12.5 Å². The zero-order chi connectivity index (χ0) is 11.5. The second kappa shape index (κ2) is 3.98. The van der Waals surface area contributed by atoms with Crippen LogP contribution >= 0.6 is 0 Å². The van der Waals surface area contributed by atoms with Crippen molar-refractivity contribution in [3.63, 3.8) is 0 Å². The molecule has 2 N–H and O–H groups in total. The summed E-state index contributed by atoms with van der Waals surface area (Å²) in [4.78, 5) is 0. The van der Waals surface area contributed by atoms with Crippen LogP contribution in [0.15, 0.2) is 6.20 Å². The highest BCUT2D eigenvalue weighted by Gasteiger charge is 2.21. The second-order valence-electron chi connectivity index (χ2n) is 2.69. The molecule has 0 spiro atoms. The first-order valence-electron chi connectivity index (χ1n) is 3.86. The lowest BCUT2D eigenvalue weighted by Gasteiger charge is -2.06. The number of nitrogens with one attached hydrogen (secondary N) is 2. The number of H-pyrrole nitrogens is 1. The summed E-state index contributed by atoms with van der Waals surface area (Å²) >= 11 is 0. The van der Waals surface area contributed by atoms with Gasteiger partial charge < -0.3 is 0 Å². The number of nitriles is 2. The number of aromatic amines is 1. The maximum absolute atomic E-state index is 11.4. The third-order valence-electron chi connectivity index (χ3n) is 1.65. The third kappa shape index (κ3) is 2.24. The summed E-state index contributed by atoms with van der Waals surface area (Å²) in [6.07, 6.45) is 1.19. The van der Waals surface area contributed by atoms with E-state index in [2.05, 4.69) is 14.9 Å². The molecule has 0 aliphatic rings. The predicted molar refractivity (Wildman–Crippen MR) is 50.9 cm³/mol. The maximum Gasteiger partial charge on any atom is 0.250 e. The van der Waals surface area contributed by atoms with Gasteiger partial charge in [-0.2, -0.15) is 15.6 Å². The highest BCUT2D eigenvalue weighted by atomic mass is 32.2. The molecule has 78 valence electrons. The molecule has 1 aromatic heterocycles. The van der Waals surface area contributed by atoms with Crippen LogP contribution < -0.4 is 4.72 Å². The van der Waals surface area contributed by atoms with Gasteiger partial charge in [0.05, 0.1) is 12.3 Å². The lowest BCUT2D eigenvalue weighted by atomic mass is 10.4. The highest BCUT2D eigenvalue weighted by Crippen LogP contribution is 2.12. The molecular formula is C7H7N5O2S. The number of nitrogens with zero attached hydrogens (tertiary/aromatic N) is 3. The molecule has 0 amide bonds. The molecule has 0 saturated heterocycles. The quantitative estimate of drug-likeness (QED) is 0.745. The van der Waals surface area contributed by atoms with Gasteiger partial charge >= 0.3 is 0 Å². The number of aromatic nitrogens is 2. The fourth-order valence-corrected chi connectivity index (χ4v) is 1.50. The summed E-state index contributed by atoms with van der Waals surface area (Å²) in [5.74, 6) is -0.0281. The van der Waals surface area contributed by atoms with Crippen molar-refractivity contribution in [2.75, 3.05) is 4.72 Å². The van der Waals surface area contributed by atoms with Crippen molar-refractivity contribution < 1.29 is 8.42 Å². The Kier molecular flexibility index (Phi) is 2.93. The van der Waals surface area contributed by atoms with Gasteiger partial charge in [-0.15, -0.1) is 0 Å². The van der Waals surface area contributed by atoms with Crippen LogP contribution in [0.5, 0.6) is 0 Å². The molecule has 0 saturated carbocycles. The van der Waals surface area contributed by atoms with Crippen molar-refractivity contribution in [1.82, 2.24) is 10.2 Å². The van der Waals surface area contributed by atoms with Crippen molar-refractivity contribution in [2.45, 2.75) is 12.2 Å². The molecule has 1 heterocycles. The Bertz CT molecular complexity index is 532. The van der Waals surface area contributed by atoms with Gasteiger partial charge in [-0.3, -0.25) is 9.82 Å². The first-order valence-corrected chi connectivity index (χ1v) is 5.40. The van der Waals surface area contributed by atoms with Gasteiger partial charge in [0.25, 0.3) is 0 Å². The van der Waals surface area contributed by atoms with E-state index in [1.807, 2.05) is 0 Å². The molecule has 0 radical (unpaired) electrons. The average Bonchev–Trinajstić information content (AvgIpc) is 2.63. The van der Waals surface area contributed by atoms with Crippen LogP contribution in [-0.2, 0) is 10.0 Å². The largest absolute Gasteiger partial charge is 0.266 e. The van der Waals surface area contributed by atoms with E-state index in [1.165, 1.54) is 13.1 Å². The van der Waals surface area contributed by atoms with Crippen molar-refractivity contribution in [3.8, 4) is 12.1 Å². The van der Waals surface area contributed by atoms with Gasteiger partial charge in [-0.1, -0.05) is 0 Å². The molecule has 0 aliphatic heterocycles. The molecule has 1 rings (SSSR count). The minimum atomic E-state index is -3.80. The monoisotopic (exact) mass is 225 g/mol. The van der Waals surface area contributed by atoms with Crippen LogP contribution in [0.25, 0.3) is 0 Å². The molecule has 0 aromatic carbocycles. The SMILES string of the molecule is CC(C#N)S(=O)(=O)Nc1[nH]ncc1C#N. The van der Waals surface area contributed by atoms with Crippen LogP contribution in [0.3, 0.4) is 0 Å². The minimum Gasteiger partial charge on any atom is -0.266 e. The first kappa shape index (κ1) is 11.0. The Hall–Kier alpha value is -2.06. The summed E-state index contributed by atoms with van der Waals surface area (Å²) in [6, 6.07) is 3.34. The van der Waals surface area contributed by atoms with Crippen LogP contribution in [0.2, 0.25) is 0 Å². The molecule has 0 fully saturated rings. The topological polar surface area (TPSA) is 122 Å². The Morgan fingerprint density at radius 2 is 2.27 bits per heavy atom. The summed E-state index contributed by atoms with van der Waals surface area (Å²) in [5.41, 5.74) is 0.0729. The summed E-state index contributed by atoms with van der Waals surface area (Å²) in [7, 11) is -3.80. The number of sulfonamides is 1. The van der Waals surface area contributed by atoms with Gasteiger partial charge in [0.1, 0.15) is 11.6 Å². The normalized spacial score (nSPS) is 12.5. The van der Waals surface area contributed by atoms with E-state index in [0.717, 1.165) is 0 Å². The predicted octanol–water partition coefficient (Wildman–Crippen LogP) is -0.0648. The summed E-state index contributed by atoms with van der Waals surface area (Å²) < 4.78 is 24.9. The van der Waals surface area contributed by atoms with Crippen molar-refractivity contribution >= 4 is 15.8 Å². The Morgan fingerprint density at radius 1 is 1.60 bits per heavy atom. The molecule has 0 bridgehead atoms. The van der Waals surface area contributed by atoms with Gasteiger partial charge in [-0.05, 0) is 6.92 Å². The van der Waals surface area contributed by atoms with E-state index in [-0.39, 0.29) is 11.4 Å². The first-order chi connectivity index (χ1) is 7.01. The number of hydrogen-bond donors (Lipinski definition) is 2. The zero-order valence-corrected chi connectivity index (χ0v) is 8.54. The van der Waals surface area contributed by atoms with Crippen molar-refractivity contribution in [2.24, 2.45) is 0 Å². The smallest absolute Gasteiger partial charge is 0.250 e. The van der Waals surface area contributed by atoms with Crippen molar-refractivity contribution in [3.05, 3.63) is 11.8 Å². The second-order valence-corrected chi connectivity index (χ2v) is 4.69. The molecule has 15 heavy (non-hydrogen) atoms. The molecule has 1 atom stereocenters. The van der Waals surface area contributed by atoms with E-state index in [1.54, 1.807) is 12.1 Å². The zero-order valence-electron chi connectivity index (χ0n) is 7.72. The molecule has 1 aromatic rings. The van der Waals surface area contributed by atoms with Gasteiger partial charge in [0.2, 0.25) is 10.0 Å². The fourth-order valence-electron chi connectivity index (χ4n) is 0.749. The lowest BCUT2D eigenvalue weighted by molar-refractivity contribution is 0.597. The number of anilines is 1. The van der Waals surface area contributed by atoms with Crippen LogP contribution in [0.4, 0.5) is 5.82 Å². The van der Waals surface area contributed by atoms with E-state index in [4.69, 9.17) is 10.5 Å². The Labute approximate surface area is 86.4 Å². The molecule has 0 aliphatic carbocycles. The number of hydrogen-bond acceptors (Lipinski definition) is 5. The molecule has 1 unspecified atom stereocenters. The Balaban J connectivity index is 2.99. The van der Waals surface area contributed by atoms with Gasteiger partial charge in [0.15, 0.2) is 11.1 Å². The third-order valence-corrected chi connectivity index (χ3v) is 3.18. The van der Waals surface area contributed by atoms with E-state index >= 15 is 0 Å². The van der Waals surface area contributed by atoms with Crippen molar-refractivity contribution in [1.29, 1.82) is 10.5 Å². The fraction of sp³-hybridized carbons (Fsp3) is 0.286.